The van der Waals surface area contributed by atoms with E-state index in [1.54, 1.807) is 12.0 Å². The molecular weight excluding hydrogens is 667 g/mol. The molecule has 4 rings (SSSR count). The average molecular weight is 693 g/mol. The monoisotopic (exact) mass is 692 g/mol. The van der Waals surface area contributed by atoms with Crippen molar-refractivity contribution in [3.63, 3.8) is 0 Å². The summed E-state index contributed by atoms with van der Waals surface area (Å²) in [6, 6.07) is 19.4. The Balaban J connectivity index is 1.59. The van der Waals surface area contributed by atoms with Crippen LogP contribution in [0.1, 0.15) is 25.0 Å². The van der Waals surface area contributed by atoms with Gasteiger partial charge in [-0.3, -0.25) is 9.69 Å². The van der Waals surface area contributed by atoms with Gasteiger partial charge in [-0.1, -0.05) is 28.1 Å². The smallest absolute Gasteiger partial charge is 0.266 e. The molecule has 0 aromatic heterocycles. The van der Waals surface area contributed by atoms with Crippen LogP contribution in [-0.4, -0.2) is 36.2 Å². The van der Waals surface area contributed by atoms with Crippen LogP contribution in [0.2, 0.25) is 0 Å². The highest BCUT2D eigenvalue weighted by atomic mass is 127. The van der Waals surface area contributed by atoms with Crippen LogP contribution < -0.4 is 14.2 Å². The van der Waals surface area contributed by atoms with Crippen LogP contribution in [0.25, 0.3) is 6.08 Å². The number of ether oxygens (including phenoxy) is 3. The van der Waals surface area contributed by atoms with Crippen molar-refractivity contribution in [2.24, 2.45) is 4.99 Å². The van der Waals surface area contributed by atoms with Crippen molar-refractivity contribution < 1.29 is 19.0 Å². The third-order valence-corrected chi connectivity index (χ3v) is 7.76. The van der Waals surface area contributed by atoms with Crippen LogP contribution in [0.4, 0.5) is 5.69 Å². The molecule has 1 saturated heterocycles. The summed E-state index contributed by atoms with van der Waals surface area (Å²) >= 11 is 7.08. The Hall–Kier alpha value is -2.50. The highest BCUT2D eigenvalue weighted by Gasteiger charge is 2.32. The summed E-state index contributed by atoms with van der Waals surface area (Å²) in [5, 5.41) is 0.651. The summed E-state index contributed by atoms with van der Waals surface area (Å²) in [7, 11) is 1.63. The molecule has 3 aromatic rings. The molecule has 0 aliphatic carbocycles. The first-order valence-corrected chi connectivity index (χ1v) is 14.4. The Morgan fingerprint density at radius 2 is 1.78 bits per heavy atom. The topological polar surface area (TPSA) is 60.4 Å². The van der Waals surface area contributed by atoms with Gasteiger partial charge in [-0.05, 0) is 114 Å². The quantitative estimate of drug-likeness (QED) is 0.170. The van der Waals surface area contributed by atoms with Crippen molar-refractivity contribution in [2.75, 3.05) is 20.3 Å². The van der Waals surface area contributed by atoms with Gasteiger partial charge in [-0.25, -0.2) is 4.99 Å². The maximum absolute atomic E-state index is 13.2. The van der Waals surface area contributed by atoms with Crippen molar-refractivity contribution >= 4 is 73.1 Å². The van der Waals surface area contributed by atoms with E-state index in [1.165, 1.54) is 11.8 Å². The van der Waals surface area contributed by atoms with Crippen molar-refractivity contribution in [3.05, 3.63) is 84.7 Å². The second-order valence-electron chi connectivity index (χ2n) is 7.93. The van der Waals surface area contributed by atoms with E-state index in [-0.39, 0.29) is 5.91 Å². The summed E-state index contributed by atoms with van der Waals surface area (Å²) in [5.74, 6) is 2.03. The SMILES string of the molecule is CCOc1cc(/C=C2/SC(=Nc3ccc(OC)cc3)N(CC)C2=O)cc(I)c1OCc1ccc(Br)cc1. The van der Waals surface area contributed by atoms with Crippen LogP contribution in [-0.2, 0) is 11.4 Å². The standard InChI is InChI=1S/C28H26BrIN2O4S/c1-4-32-27(33)25(37-28(32)31-21-10-12-22(34-3)13-11-21)16-19-14-23(30)26(24(15-19)35-5-2)36-17-18-6-8-20(29)9-7-18/h6-16H,4-5,17H2,1-3H3/b25-16+,31-28?. The Morgan fingerprint density at radius 1 is 1.05 bits per heavy atom. The van der Waals surface area contributed by atoms with E-state index in [4.69, 9.17) is 19.2 Å². The second-order valence-corrected chi connectivity index (χ2v) is 11.0. The lowest BCUT2D eigenvalue weighted by Crippen LogP contribution is -2.28. The number of benzene rings is 3. The van der Waals surface area contributed by atoms with Crippen LogP contribution in [0.3, 0.4) is 0 Å². The molecule has 37 heavy (non-hydrogen) atoms. The number of carbonyl (C=O) groups is 1. The van der Waals surface area contributed by atoms with Crippen LogP contribution in [0, 0.1) is 3.57 Å². The maximum atomic E-state index is 13.2. The molecule has 1 amide bonds. The molecule has 192 valence electrons. The fourth-order valence-corrected chi connectivity index (χ4v) is 5.71. The van der Waals surface area contributed by atoms with Crippen molar-refractivity contribution in [1.82, 2.24) is 4.90 Å². The third kappa shape index (κ3) is 6.88. The van der Waals surface area contributed by atoms with E-state index in [0.29, 0.717) is 41.3 Å². The first kappa shape index (κ1) is 27.5. The number of amides is 1. The summed E-state index contributed by atoms with van der Waals surface area (Å²) in [4.78, 5) is 20.2. The molecule has 0 bridgehead atoms. The maximum Gasteiger partial charge on any atom is 0.266 e. The Kier molecular flexibility index (Phi) is 9.55. The molecule has 0 saturated carbocycles. The normalized spacial score (nSPS) is 15.5. The zero-order valence-electron chi connectivity index (χ0n) is 20.7. The molecule has 1 aliphatic rings. The first-order valence-electron chi connectivity index (χ1n) is 11.7. The number of halogens is 2. The van der Waals surface area contributed by atoms with Gasteiger partial charge in [-0.15, -0.1) is 0 Å². The Labute approximate surface area is 243 Å². The second kappa shape index (κ2) is 12.8. The zero-order valence-corrected chi connectivity index (χ0v) is 25.2. The van der Waals surface area contributed by atoms with E-state index in [0.717, 1.165) is 30.6 Å². The van der Waals surface area contributed by atoms with Crippen molar-refractivity contribution in [1.29, 1.82) is 0 Å². The van der Waals surface area contributed by atoms with Crippen LogP contribution in [0.15, 0.2) is 75.0 Å². The van der Waals surface area contributed by atoms with Gasteiger partial charge >= 0.3 is 0 Å². The number of hydrogen-bond donors (Lipinski definition) is 0. The number of thioether (sulfide) groups is 1. The fraction of sp³-hybridized carbons (Fsp3) is 0.214. The number of methoxy groups -OCH3 is 1. The fourth-order valence-electron chi connectivity index (χ4n) is 3.60. The van der Waals surface area contributed by atoms with Crippen molar-refractivity contribution in [2.45, 2.75) is 20.5 Å². The minimum Gasteiger partial charge on any atom is -0.497 e. The lowest BCUT2D eigenvalue weighted by atomic mass is 10.1. The number of nitrogens with zero attached hydrogens (tertiary/aromatic N) is 2. The van der Waals surface area contributed by atoms with Gasteiger partial charge in [-0.2, -0.15) is 0 Å². The molecule has 9 heteroatoms. The van der Waals surface area contributed by atoms with E-state index in [9.17, 15) is 4.79 Å². The van der Waals surface area contributed by atoms with Gasteiger partial charge in [0.05, 0.1) is 27.9 Å². The van der Waals surface area contributed by atoms with E-state index < -0.39 is 0 Å². The predicted molar refractivity (Wildman–Crippen MR) is 162 cm³/mol. The van der Waals surface area contributed by atoms with Crippen molar-refractivity contribution in [3.8, 4) is 17.2 Å². The summed E-state index contributed by atoms with van der Waals surface area (Å²) < 4.78 is 19.2. The highest BCUT2D eigenvalue weighted by molar-refractivity contribution is 14.1. The van der Waals surface area contributed by atoms with E-state index >= 15 is 0 Å². The number of carbonyl (C=O) groups excluding carboxylic acids is 1. The molecule has 1 fully saturated rings. The van der Waals surface area contributed by atoms with Gasteiger partial charge in [0, 0.05) is 11.0 Å². The average Bonchev–Trinajstić information content (AvgIpc) is 3.18. The molecule has 0 N–H and O–H groups in total. The van der Waals surface area contributed by atoms with Gasteiger partial charge < -0.3 is 14.2 Å². The number of likely N-dealkylation sites (N-methyl/N-ethyl adjacent to an activating group) is 1. The lowest BCUT2D eigenvalue weighted by molar-refractivity contribution is -0.122. The Morgan fingerprint density at radius 3 is 2.43 bits per heavy atom. The summed E-state index contributed by atoms with van der Waals surface area (Å²) in [6.45, 7) is 5.34. The molecule has 0 spiro atoms. The number of hydrogen-bond acceptors (Lipinski definition) is 6. The molecule has 0 unspecified atom stereocenters. The van der Waals surface area contributed by atoms with Crippen LogP contribution in [0.5, 0.6) is 17.2 Å². The van der Waals surface area contributed by atoms with Gasteiger partial charge in [0.15, 0.2) is 16.7 Å². The molecule has 0 radical (unpaired) electrons. The minimum atomic E-state index is -0.0664. The van der Waals surface area contributed by atoms with E-state index in [2.05, 4.69) is 38.5 Å². The number of amidine groups is 1. The zero-order chi connectivity index (χ0) is 26.4. The van der Waals surface area contributed by atoms with Crippen LogP contribution >= 0.6 is 50.3 Å². The largest absolute Gasteiger partial charge is 0.497 e. The molecule has 6 nitrogen and oxygen atoms in total. The lowest BCUT2D eigenvalue weighted by Gasteiger charge is -2.15. The predicted octanol–water partition coefficient (Wildman–Crippen LogP) is 7.66. The van der Waals surface area contributed by atoms with Gasteiger partial charge in [0.25, 0.3) is 5.91 Å². The molecule has 0 atom stereocenters. The molecule has 1 heterocycles. The van der Waals surface area contributed by atoms with E-state index in [1.807, 2.05) is 80.6 Å². The summed E-state index contributed by atoms with van der Waals surface area (Å²) in [6.07, 6.45) is 1.88. The third-order valence-electron chi connectivity index (χ3n) is 5.43. The number of aliphatic imine (C=N–C) groups is 1. The highest BCUT2D eigenvalue weighted by Crippen LogP contribution is 2.38. The summed E-state index contributed by atoms with van der Waals surface area (Å²) in [5.41, 5.74) is 2.68. The molecule has 3 aromatic carbocycles. The number of rotatable bonds is 9. The first-order chi connectivity index (χ1) is 17.9. The molecule has 1 aliphatic heterocycles. The minimum absolute atomic E-state index is 0.0664. The molecular formula is C28H26BrIN2O4S. The van der Waals surface area contributed by atoms with Gasteiger partial charge in [0.2, 0.25) is 0 Å². The Bertz CT molecular complexity index is 1330. The van der Waals surface area contributed by atoms with Gasteiger partial charge in [0.1, 0.15) is 12.4 Å².